The number of anilines is 1. The second-order valence-electron chi connectivity index (χ2n) is 5.26. The number of hydrogen-bond acceptors (Lipinski definition) is 6. The van der Waals surface area contributed by atoms with E-state index in [0.29, 0.717) is 16.8 Å². The minimum atomic E-state index is -3.83. The van der Waals surface area contributed by atoms with Crippen molar-refractivity contribution in [2.45, 2.75) is 17.6 Å². The Bertz CT molecular complexity index is 959. The topological polar surface area (TPSA) is 110 Å². The van der Waals surface area contributed by atoms with Gasteiger partial charge in [0.25, 0.3) is 0 Å². The first kappa shape index (κ1) is 19.1. The van der Waals surface area contributed by atoms with Crippen LogP contribution in [0.2, 0.25) is 5.02 Å². The molecular formula is C15H11ClNNaO5S. The number of nitrogen functional groups attached to an aromatic ring is 1. The van der Waals surface area contributed by atoms with Crippen molar-refractivity contribution in [3.63, 3.8) is 0 Å². The van der Waals surface area contributed by atoms with E-state index in [0.717, 1.165) is 6.07 Å². The third kappa shape index (κ3) is 3.27. The number of nitrogens with two attached hydrogens (primary N) is 1. The molecule has 2 N–H and O–H groups in total. The van der Waals surface area contributed by atoms with E-state index in [2.05, 4.69) is 0 Å². The van der Waals surface area contributed by atoms with Crippen LogP contribution in [0.25, 0.3) is 0 Å². The number of benzene rings is 2. The molecule has 0 radical (unpaired) electrons. The molecule has 1 heterocycles. The van der Waals surface area contributed by atoms with Crippen molar-refractivity contribution in [3.8, 4) is 11.5 Å². The second-order valence-corrected chi connectivity index (χ2v) is 7.63. The number of fused-ring (bicyclic) bond motifs is 2. The number of carboxylic acids is 1. The van der Waals surface area contributed by atoms with Gasteiger partial charge in [0.1, 0.15) is 16.4 Å². The summed E-state index contributed by atoms with van der Waals surface area (Å²) in [5.41, 5.74) is 6.45. The Balaban J connectivity index is 0.00000208. The van der Waals surface area contributed by atoms with Crippen LogP contribution < -0.4 is 45.1 Å². The summed E-state index contributed by atoms with van der Waals surface area (Å²) >= 11 is 6.11. The number of halogens is 1. The molecule has 0 spiro atoms. The monoisotopic (exact) mass is 375 g/mol. The molecule has 120 valence electrons. The van der Waals surface area contributed by atoms with Crippen LogP contribution in [0.3, 0.4) is 0 Å². The van der Waals surface area contributed by atoms with Gasteiger partial charge < -0.3 is 20.4 Å². The average molecular weight is 376 g/mol. The summed E-state index contributed by atoms with van der Waals surface area (Å²) in [4.78, 5) is 10.9. The number of carbonyl (C=O) groups is 1. The fourth-order valence-electron chi connectivity index (χ4n) is 2.50. The van der Waals surface area contributed by atoms with Crippen LogP contribution in [0.15, 0.2) is 29.2 Å². The Hall–Kier alpha value is -1.25. The van der Waals surface area contributed by atoms with Gasteiger partial charge in [-0.05, 0) is 42.3 Å². The molecule has 0 unspecified atom stereocenters. The molecular weight excluding hydrogens is 365 g/mol. The number of sulfone groups is 1. The van der Waals surface area contributed by atoms with Gasteiger partial charge in [0.2, 0.25) is 0 Å². The zero-order chi connectivity index (χ0) is 16.9. The summed E-state index contributed by atoms with van der Waals surface area (Å²) in [6, 6.07) is 5.26. The van der Waals surface area contributed by atoms with Crippen LogP contribution in [0.1, 0.15) is 21.5 Å². The number of aryl methyl sites for hydroxylation is 1. The third-order valence-corrected chi connectivity index (χ3v) is 5.45. The van der Waals surface area contributed by atoms with Crippen LogP contribution in [-0.4, -0.2) is 14.4 Å². The van der Waals surface area contributed by atoms with Gasteiger partial charge >= 0.3 is 29.6 Å². The number of carboxylic acid groups (broad SMARTS) is 1. The Morgan fingerprint density at radius 2 is 1.92 bits per heavy atom. The molecule has 1 aliphatic heterocycles. The molecule has 0 atom stereocenters. The predicted molar refractivity (Wildman–Crippen MR) is 82.3 cm³/mol. The molecule has 0 aromatic heterocycles. The largest absolute Gasteiger partial charge is 1.00 e. The van der Waals surface area contributed by atoms with Crippen LogP contribution in [0.5, 0.6) is 11.5 Å². The first-order chi connectivity index (χ1) is 10.7. The quantitative estimate of drug-likeness (QED) is 0.489. The Morgan fingerprint density at radius 1 is 1.25 bits per heavy atom. The van der Waals surface area contributed by atoms with Crippen LogP contribution in [0.4, 0.5) is 5.69 Å². The minimum Gasteiger partial charge on any atom is -0.545 e. The van der Waals surface area contributed by atoms with E-state index in [4.69, 9.17) is 22.1 Å². The Labute approximate surface area is 165 Å². The van der Waals surface area contributed by atoms with Gasteiger partial charge in [0, 0.05) is 11.3 Å². The number of aromatic carboxylic acids is 1. The standard InChI is InChI=1S/C15H12ClNO5S.Na/c1-7-2-8(15(18)19)4-12-13(7)22-14-9(6-23(12,20)21)3-10(17)5-11(14)16;/h2-5H,6,17H2,1H3,(H,18,19);/q;+1/p-1. The maximum absolute atomic E-state index is 12.6. The number of ether oxygens (including phenoxy) is 1. The molecule has 0 amide bonds. The zero-order valence-electron chi connectivity index (χ0n) is 12.9. The minimum absolute atomic E-state index is 0. The van der Waals surface area contributed by atoms with E-state index in [9.17, 15) is 18.3 Å². The normalized spacial score (nSPS) is 14.4. The van der Waals surface area contributed by atoms with Gasteiger partial charge in [0.05, 0.1) is 16.7 Å². The molecule has 0 saturated carbocycles. The first-order valence-corrected chi connectivity index (χ1v) is 8.56. The molecule has 0 aliphatic carbocycles. The van der Waals surface area contributed by atoms with Gasteiger partial charge in [-0.25, -0.2) is 8.42 Å². The van der Waals surface area contributed by atoms with Gasteiger partial charge in [-0.15, -0.1) is 0 Å². The SMILES string of the molecule is Cc1cc(C(=O)[O-])cc2c1Oc1c(Cl)cc(N)cc1CS2(=O)=O.[Na+]. The van der Waals surface area contributed by atoms with Crippen molar-refractivity contribution in [2.75, 3.05) is 5.73 Å². The average Bonchev–Trinajstić information content (AvgIpc) is 2.53. The molecule has 0 saturated heterocycles. The van der Waals surface area contributed by atoms with Crippen molar-refractivity contribution in [1.82, 2.24) is 0 Å². The molecule has 9 heteroatoms. The van der Waals surface area contributed by atoms with Gasteiger partial charge in [0.15, 0.2) is 9.84 Å². The molecule has 2 aromatic rings. The van der Waals surface area contributed by atoms with Gasteiger partial charge in [-0.3, -0.25) is 0 Å². The Kier molecular flexibility index (Phi) is 5.22. The van der Waals surface area contributed by atoms with Crippen molar-refractivity contribution in [3.05, 3.63) is 46.0 Å². The van der Waals surface area contributed by atoms with Crippen molar-refractivity contribution in [1.29, 1.82) is 0 Å². The molecule has 3 rings (SSSR count). The molecule has 24 heavy (non-hydrogen) atoms. The number of rotatable bonds is 1. The van der Waals surface area contributed by atoms with E-state index < -0.39 is 21.6 Å². The fourth-order valence-corrected chi connectivity index (χ4v) is 4.36. The molecule has 1 aliphatic rings. The summed E-state index contributed by atoms with van der Waals surface area (Å²) in [6.07, 6.45) is 0. The van der Waals surface area contributed by atoms with E-state index >= 15 is 0 Å². The first-order valence-electron chi connectivity index (χ1n) is 6.53. The van der Waals surface area contributed by atoms with E-state index in [1.165, 1.54) is 18.2 Å². The zero-order valence-corrected chi connectivity index (χ0v) is 16.5. The summed E-state index contributed by atoms with van der Waals surface area (Å²) < 4.78 is 31.0. The van der Waals surface area contributed by atoms with Gasteiger partial charge in [-0.2, -0.15) is 0 Å². The second kappa shape index (κ2) is 6.57. The van der Waals surface area contributed by atoms with Crippen LogP contribution >= 0.6 is 11.6 Å². The molecule has 6 nitrogen and oxygen atoms in total. The van der Waals surface area contributed by atoms with E-state index in [-0.39, 0.29) is 56.5 Å². The smallest absolute Gasteiger partial charge is 0.545 e. The van der Waals surface area contributed by atoms with Gasteiger partial charge in [-0.1, -0.05) is 11.6 Å². The molecule has 0 bridgehead atoms. The van der Waals surface area contributed by atoms with Crippen molar-refractivity contribution < 1.29 is 52.6 Å². The van der Waals surface area contributed by atoms with E-state index in [1.54, 1.807) is 6.92 Å². The Morgan fingerprint density at radius 3 is 2.54 bits per heavy atom. The molecule has 0 fully saturated rings. The van der Waals surface area contributed by atoms with E-state index in [1.807, 2.05) is 0 Å². The van der Waals surface area contributed by atoms with Crippen molar-refractivity contribution >= 4 is 33.1 Å². The maximum atomic E-state index is 12.6. The van der Waals surface area contributed by atoms with Crippen molar-refractivity contribution in [2.24, 2.45) is 0 Å². The van der Waals surface area contributed by atoms with Crippen LogP contribution in [-0.2, 0) is 15.6 Å². The summed E-state index contributed by atoms with van der Waals surface area (Å²) in [7, 11) is -3.83. The molecule has 2 aromatic carbocycles. The summed E-state index contributed by atoms with van der Waals surface area (Å²) in [5.74, 6) is -1.60. The predicted octanol–water partition coefficient (Wildman–Crippen LogP) is -1.32. The number of hydrogen-bond donors (Lipinski definition) is 1. The fraction of sp³-hybridized carbons (Fsp3) is 0.133. The summed E-state index contributed by atoms with van der Waals surface area (Å²) in [5, 5.41) is 11.3. The van der Waals surface area contributed by atoms with Crippen LogP contribution in [0, 0.1) is 6.92 Å². The third-order valence-electron chi connectivity index (χ3n) is 3.50. The maximum Gasteiger partial charge on any atom is 1.00 e. The summed E-state index contributed by atoms with van der Waals surface area (Å²) in [6.45, 7) is 1.55. The number of carbonyl (C=O) groups excluding carboxylic acids is 1.